The Hall–Kier alpha value is -2.85. The monoisotopic (exact) mass is 349 g/mol. The standard InChI is InChI=1S/C22H23NO3/c1-16(22(25)18-9-4-3-5-10-18)23(2)21(24)15-26-20-13-12-17-8-6-7-11-19(17)14-20/h3-14,16,22,25H,15H2,1-2H3. The first-order valence-corrected chi connectivity index (χ1v) is 8.66. The number of aliphatic hydroxyl groups excluding tert-OH is 1. The Morgan fingerprint density at radius 3 is 2.38 bits per heavy atom. The van der Waals surface area contributed by atoms with Crippen LogP contribution in [0.25, 0.3) is 10.8 Å². The molecule has 1 amide bonds. The van der Waals surface area contributed by atoms with Crippen LogP contribution in [-0.4, -0.2) is 35.6 Å². The number of rotatable bonds is 6. The number of likely N-dealkylation sites (N-methyl/N-ethyl adjacent to an activating group) is 1. The van der Waals surface area contributed by atoms with Gasteiger partial charge in [-0.3, -0.25) is 4.79 Å². The third-order valence-electron chi connectivity index (χ3n) is 4.69. The number of aliphatic hydroxyl groups is 1. The summed E-state index contributed by atoms with van der Waals surface area (Å²) in [5, 5.41) is 12.7. The highest BCUT2D eigenvalue weighted by Crippen LogP contribution is 2.22. The Bertz CT molecular complexity index is 879. The first-order chi connectivity index (χ1) is 12.6. The molecule has 3 aromatic carbocycles. The highest BCUT2D eigenvalue weighted by molar-refractivity contribution is 5.84. The van der Waals surface area contributed by atoms with Crippen LogP contribution in [0.15, 0.2) is 72.8 Å². The minimum atomic E-state index is -0.745. The van der Waals surface area contributed by atoms with Crippen LogP contribution in [0.4, 0.5) is 0 Å². The second-order valence-corrected chi connectivity index (χ2v) is 6.40. The number of carbonyl (C=O) groups is 1. The van der Waals surface area contributed by atoms with Crippen LogP contribution < -0.4 is 4.74 Å². The molecule has 0 spiro atoms. The van der Waals surface area contributed by atoms with E-state index in [1.54, 1.807) is 7.05 Å². The average Bonchev–Trinajstić information content (AvgIpc) is 2.70. The van der Waals surface area contributed by atoms with E-state index in [1.165, 1.54) is 4.90 Å². The Balaban J connectivity index is 1.61. The molecule has 3 rings (SSSR count). The van der Waals surface area contributed by atoms with E-state index >= 15 is 0 Å². The maximum absolute atomic E-state index is 12.4. The third-order valence-corrected chi connectivity index (χ3v) is 4.69. The Morgan fingerprint density at radius 1 is 1.00 bits per heavy atom. The van der Waals surface area contributed by atoms with Crippen LogP contribution >= 0.6 is 0 Å². The normalized spacial score (nSPS) is 13.2. The van der Waals surface area contributed by atoms with E-state index in [1.807, 2.05) is 79.7 Å². The van der Waals surface area contributed by atoms with Gasteiger partial charge in [0, 0.05) is 7.05 Å². The molecule has 0 aliphatic heterocycles. The van der Waals surface area contributed by atoms with Gasteiger partial charge < -0.3 is 14.7 Å². The molecule has 4 heteroatoms. The van der Waals surface area contributed by atoms with Gasteiger partial charge in [0.05, 0.1) is 12.1 Å². The Morgan fingerprint density at radius 2 is 1.65 bits per heavy atom. The van der Waals surface area contributed by atoms with E-state index in [0.717, 1.165) is 16.3 Å². The summed E-state index contributed by atoms with van der Waals surface area (Å²) in [6.45, 7) is 1.76. The van der Waals surface area contributed by atoms with Crippen molar-refractivity contribution in [1.29, 1.82) is 0 Å². The van der Waals surface area contributed by atoms with Gasteiger partial charge in [-0.1, -0.05) is 60.7 Å². The summed E-state index contributed by atoms with van der Waals surface area (Å²) in [5.41, 5.74) is 0.787. The highest BCUT2D eigenvalue weighted by Gasteiger charge is 2.24. The lowest BCUT2D eigenvalue weighted by atomic mass is 10.0. The number of benzene rings is 3. The quantitative estimate of drug-likeness (QED) is 0.736. The summed E-state index contributed by atoms with van der Waals surface area (Å²) in [6.07, 6.45) is -0.745. The molecular formula is C22H23NO3. The van der Waals surface area contributed by atoms with Gasteiger partial charge in [0.15, 0.2) is 6.61 Å². The summed E-state index contributed by atoms with van der Waals surface area (Å²) in [4.78, 5) is 14.0. The second kappa shape index (κ2) is 8.02. The van der Waals surface area contributed by atoms with Gasteiger partial charge in [-0.05, 0) is 35.4 Å². The fraction of sp³-hybridized carbons (Fsp3) is 0.227. The number of ether oxygens (including phenoxy) is 1. The molecule has 1 N–H and O–H groups in total. The van der Waals surface area contributed by atoms with Crippen molar-refractivity contribution in [3.63, 3.8) is 0 Å². The SMILES string of the molecule is CC(C(O)c1ccccc1)N(C)C(=O)COc1ccc2ccccc2c1. The van der Waals surface area contributed by atoms with Crippen LogP contribution in [0.3, 0.4) is 0 Å². The predicted octanol–water partition coefficient (Wildman–Crippen LogP) is 3.80. The molecule has 0 saturated heterocycles. The molecule has 0 heterocycles. The molecule has 26 heavy (non-hydrogen) atoms. The van der Waals surface area contributed by atoms with Crippen molar-refractivity contribution >= 4 is 16.7 Å². The van der Waals surface area contributed by atoms with Gasteiger partial charge in [0.2, 0.25) is 0 Å². The number of carbonyl (C=O) groups excluding carboxylic acids is 1. The predicted molar refractivity (Wildman–Crippen MR) is 103 cm³/mol. The highest BCUT2D eigenvalue weighted by atomic mass is 16.5. The van der Waals surface area contributed by atoms with Crippen molar-refractivity contribution in [2.24, 2.45) is 0 Å². The number of nitrogens with zero attached hydrogens (tertiary/aromatic N) is 1. The van der Waals surface area contributed by atoms with Crippen molar-refractivity contribution in [3.8, 4) is 5.75 Å². The zero-order valence-corrected chi connectivity index (χ0v) is 15.0. The lowest BCUT2D eigenvalue weighted by molar-refractivity contribution is -0.136. The van der Waals surface area contributed by atoms with E-state index in [0.29, 0.717) is 5.75 Å². The smallest absolute Gasteiger partial charge is 0.260 e. The minimum Gasteiger partial charge on any atom is -0.484 e. The van der Waals surface area contributed by atoms with Crippen molar-refractivity contribution in [2.75, 3.05) is 13.7 Å². The number of amides is 1. The number of hydrogen-bond donors (Lipinski definition) is 1. The van der Waals surface area contributed by atoms with Gasteiger partial charge in [-0.2, -0.15) is 0 Å². The fourth-order valence-electron chi connectivity index (χ4n) is 2.87. The molecule has 0 bridgehead atoms. The topological polar surface area (TPSA) is 49.8 Å². The van der Waals surface area contributed by atoms with Gasteiger partial charge in [-0.15, -0.1) is 0 Å². The van der Waals surface area contributed by atoms with Gasteiger partial charge >= 0.3 is 0 Å². The average molecular weight is 349 g/mol. The zero-order chi connectivity index (χ0) is 18.5. The zero-order valence-electron chi connectivity index (χ0n) is 15.0. The molecule has 0 radical (unpaired) electrons. The van der Waals surface area contributed by atoms with Gasteiger partial charge in [0.25, 0.3) is 5.91 Å². The third kappa shape index (κ3) is 4.03. The van der Waals surface area contributed by atoms with E-state index in [4.69, 9.17) is 4.74 Å². The van der Waals surface area contributed by atoms with Gasteiger partial charge in [0.1, 0.15) is 5.75 Å². The van der Waals surface area contributed by atoms with Crippen LogP contribution in [0.2, 0.25) is 0 Å². The largest absolute Gasteiger partial charge is 0.484 e. The molecule has 2 unspecified atom stereocenters. The number of fused-ring (bicyclic) bond motifs is 1. The first kappa shape index (κ1) is 18.0. The second-order valence-electron chi connectivity index (χ2n) is 6.40. The van der Waals surface area contributed by atoms with Crippen LogP contribution in [0, 0.1) is 0 Å². The summed E-state index contributed by atoms with van der Waals surface area (Å²) >= 11 is 0. The molecule has 0 fully saturated rings. The van der Waals surface area contributed by atoms with Crippen molar-refractivity contribution in [2.45, 2.75) is 19.1 Å². The van der Waals surface area contributed by atoms with E-state index < -0.39 is 6.10 Å². The van der Waals surface area contributed by atoms with E-state index in [-0.39, 0.29) is 18.6 Å². The molecule has 2 atom stereocenters. The summed E-state index contributed by atoms with van der Waals surface area (Å²) < 4.78 is 5.66. The lowest BCUT2D eigenvalue weighted by Crippen LogP contribution is -2.41. The van der Waals surface area contributed by atoms with E-state index in [2.05, 4.69) is 0 Å². The number of hydrogen-bond acceptors (Lipinski definition) is 3. The molecule has 0 saturated carbocycles. The molecule has 0 aliphatic rings. The van der Waals surface area contributed by atoms with Gasteiger partial charge in [-0.25, -0.2) is 0 Å². The van der Waals surface area contributed by atoms with Crippen molar-refractivity contribution < 1.29 is 14.6 Å². The molecule has 4 nitrogen and oxygen atoms in total. The molecular weight excluding hydrogens is 326 g/mol. The maximum atomic E-state index is 12.4. The summed E-state index contributed by atoms with van der Waals surface area (Å²) in [6, 6.07) is 22.7. The molecule has 0 aromatic heterocycles. The first-order valence-electron chi connectivity index (χ1n) is 8.66. The molecule has 0 aliphatic carbocycles. The lowest BCUT2D eigenvalue weighted by Gasteiger charge is -2.29. The van der Waals surface area contributed by atoms with Crippen LogP contribution in [0.5, 0.6) is 5.75 Å². The van der Waals surface area contributed by atoms with Crippen LogP contribution in [0.1, 0.15) is 18.6 Å². The Kier molecular flexibility index (Phi) is 5.54. The van der Waals surface area contributed by atoms with Crippen LogP contribution in [-0.2, 0) is 4.79 Å². The van der Waals surface area contributed by atoms with Crippen molar-refractivity contribution in [3.05, 3.63) is 78.4 Å². The Labute approximate surface area is 153 Å². The summed E-state index contributed by atoms with van der Waals surface area (Å²) in [7, 11) is 1.68. The summed E-state index contributed by atoms with van der Waals surface area (Å²) in [5.74, 6) is 0.474. The van der Waals surface area contributed by atoms with Crippen molar-refractivity contribution in [1.82, 2.24) is 4.90 Å². The molecule has 134 valence electrons. The maximum Gasteiger partial charge on any atom is 0.260 e. The molecule has 3 aromatic rings. The fourth-order valence-corrected chi connectivity index (χ4v) is 2.87. The minimum absolute atomic E-state index is 0.0688. The van der Waals surface area contributed by atoms with E-state index in [9.17, 15) is 9.90 Å².